The Morgan fingerprint density at radius 1 is 1.29 bits per heavy atom. The largest absolute Gasteiger partial charge is 0.463 e. The minimum absolute atomic E-state index is 0.248. The smallest absolute Gasteiger partial charge is 0.417 e. The SMILES string of the molecule is COCC[N+]1=C2C(C=C1C(=O)OC)C(=O)N(C)C(=O)N2C. The number of imide groups is 1. The Morgan fingerprint density at radius 3 is 2.52 bits per heavy atom. The molecule has 2 aliphatic heterocycles. The fourth-order valence-corrected chi connectivity index (χ4v) is 2.51. The van der Waals surface area contributed by atoms with Gasteiger partial charge in [-0.2, -0.15) is 4.90 Å². The first-order valence-electron chi connectivity index (χ1n) is 6.42. The second-order valence-electron chi connectivity index (χ2n) is 4.76. The summed E-state index contributed by atoms with van der Waals surface area (Å²) >= 11 is 0. The highest BCUT2D eigenvalue weighted by Gasteiger charge is 2.51. The number of carbonyl (C=O) groups is 3. The Labute approximate surface area is 122 Å². The molecule has 2 aliphatic rings. The van der Waals surface area contributed by atoms with Crippen molar-refractivity contribution in [1.82, 2.24) is 9.80 Å². The van der Waals surface area contributed by atoms with E-state index in [0.717, 1.165) is 4.90 Å². The molecule has 0 aliphatic carbocycles. The Bertz CT molecular complexity index is 566. The predicted molar refractivity (Wildman–Crippen MR) is 71.5 cm³/mol. The number of urea groups is 1. The number of hydrogen-bond acceptors (Lipinski definition) is 5. The van der Waals surface area contributed by atoms with Crippen LogP contribution in [0.1, 0.15) is 0 Å². The van der Waals surface area contributed by atoms with Crippen LogP contribution in [-0.4, -0.2) is 79.6 Å². The summed E-state index contributed by atoms with van der Waals surface area (Å²) in [5, 5.41) is 0. The zero-order valence-electron chi connectivity index (χ0n) is 12.5. The second-order valence-corrected chi connectivity index (χ2v) is 4.76. The molecule has 0 aromatic heterocycles. The lowest BCUT2D eigenvalue weighted by atomic mass is 10.0. The Hall–Kier alpha value is -2.22. The molecule has 114 valence electrons. The van der Waals surface area contributed by atoms with Gasteiger partial charge in [0.2, 0.25) is 5.70 Å². The molecule has 1 fully saturated rings. The molecule has 0 spiro atoms. The van der Waals surface area contributed by atoms with Crippen LogP contribution in [-0.2, 0) is 19.1 Å². The van der Waals surface area contributed by atoms with Gasteiger partial charge in [0, 0.05) is 14.2 Å². The van der Waals surface area contributed by atoms with Gasteiger partial charge in [0.25, 0.3) is 11.7 Å². The van der Waals surface area contributed by atoms with Crippen LogP contribution in [0.25, 0.3) is 0 Å². The van der Waals surface area contributed by atoms with E-state index in [9.17, 15) is 14.4 Å². The summed E-state index contributed by atoms with van der Waals surface area (Å²) in [5.74, 6) is -1.12. The third-order valence-electron chi connectivity index (χ3n) is 3.60. The number of fused-ring (bicyclic) bond motifs is 1. The van der Waals surface area contributed by atoms with E-state index in [2.05, 4.69) is 0 Å². The molecule has 0 aromatic rings. The first-order valence-corrected chi connectivity index (χ1v) is 6.42. The van der Waals surface area contributed by atoms with Crippen LogP contribution in [0.5, 0.6) is 0 Å². The van der Waals surface area contributed by atoms with Gasteiger partial charge in [0.15, 0.2) is 5.92 Å². The summed E-state index contributed by atoms with van der Waals surface area (Å²) < 4.78 is 11.4. The van der Waals surface area contributed by atoms with Crippen molar-refractivity contribution >= 4 is 23.7 Å². The minimum atomic E-state index is -0.663. The van der Waals surface area contributed by atoms with Crippen LogP contribution >= 0.6 is 0 Å². The number of rotatable bonds is 4. The van der Waals surface area contributed by atoms with Gasteiger partial charge < -0.3 is 9.47 Å². The molecule has 8 nitrogen and oxygen atoms in total. The van der Waals surface area contributed by atoms with E-state index >= 15 is 0 Å². The molecule has 0 N–H and O–H groups in total. The number of ether oxygens (including phenoxy) is 2. The molecule has 0 radical (unpaired) electrons. The first-order chi connectivity index (χ1) is 9.93. The minimum Gasteiger partial charge on any atom is -0.463 e. The molecular formula is C13H18N3O5+. The van der Waals surface area contributed by atoms with Crippen LogP contribution in [0, 0.1) is 5.92 Å². The van der Waals surface area contributed by atoms with Gasteiger partial charge in [-0.3, -0.25) is 4.79 Å². The first kappa shape index (κ1) is 15.2. The Morgan fingerprint density at radius 2 is 1.95 bits per heavy atom. The maximum Gasteiger partial charge on any atom is 0.417 e. The van der Waals surface area contributed by atoms with Crippen molar-refractivity contribution in [2.45, 2.75) is 0 Å². The van der Waals surface area contributed by atoms with Gasteiger partial charge in [-0.15, -0.1) is 0 Å². The van der Waals surface area contributed by atoms with Crippen molar-refractivity contribution in [2.24, 2.45) is 5.92 Å². The normalized spacial score (nSPS) is 21.7. The third kappa shape index (κ3) is 2.31. The number of methoxy groups -OCH3 is 2. The molecular weight excluding hydrogens is 278 g/mol. The summed E-state index contributed by atoms with van der Waals surface area (Å²) in [6, 6.07) is -0.437. The van der Waals surface area contributed by atoms with Crippen LogP contribution < -0.4 is 0 Å². The Kier molecular flexibility index (Phi) is 4.08. The standard InChI is InChI=1S/C13H18N3O5/c1-14-10-8(11(17)15(2)13(14)19)7-9(12(18)21-4)16(10)5-6-20-3/h7-8H,5-6H2,1-4H3/q+1. The maximum absolute atomic E-state index is 12.2. The van der Waals surface area contributed by atoms with E-state index in [1.807, 2.05) is 0 Å². The zero-order valence-corrected chi connectivity index (χ0v) is 12.5. The quantitative estimate of drug-likeness (QED) is 0.504. The summed E-state index contributed by atoms with van der Waals surface area (Å²) in [6.07, 6.45) is 1.53. The number of amidine groups is 1. The van der Waals surface area contributed by atoms with Gasteiger partial charge in [-0.25, -0.2) is 19.1 Å². The molecule has 1 saturated heterocycles. The van der Waals surface area contributed by atoms with Gasteiger partial charge >= 0.3 is 12.0 Å². The number of amides is 3. The fraction of sp³-hybridized carbons (Fsp3) is 0.538. The van der Waals surface area contributed by atoms with E-state index in [-0.39, 0.29) is 11.6 Å². The molecule has 0 saturated carbocycles. The molecule has 1 atom stereocenters. The van der Waals surface area contributed by atoms with Crippen molar-refractivity contribution in [3.05, 3.63) is 11.8 Å². The average Bonchev–Trinajstić information content (AvgIpc) is 2.87. The van der Waals surface area contributed by atoms with Gasteiger partial charge in [-0.1, -0.05) is 0 Å². The number of carbonyl (C=O) groups excluding carboxylic acids is 3. The second kappa shape index (κ2) is 5.65. The lowest BCUT2D eigenvalue weighted by Gasteiger charge is -2.27. The van der Waals surface area contributed by atoms with E-state index < -0.39 is 17.9 Å². The highest BCUT2D eigenvalue weighted by atomic mass is 16.5. The molecule has 1 unspecified atom stereocenters. The van der Waals surface area contributed by atoms with Crippen molar-refractivity contribution in [1.29, 1.82) is 0 Å². The zero-order chi connectivity index (χ0) is 15.7. The number of nitrogens with zero attached hydrogens (tertiary/aromatic N) is 3. The van der Waals surface area contributed by atoms with Crippen molar-refractivity contribution < 1.29 is 28.4 Å². The molecule has 8 heteroatoms. The maximum atomic E-state index is 12.2. The summed E-state index contributed by atoms with van der Waals surface area (Å²) in [6.45, 7) is 0.689. The van der Waals surface area contributed by atoms with Crippen molar-refractivity contribution in [2.75, 3.05) is 41.5 Å². The fourth-order valence-electron chi connectivity index (χ4n) is 2.51. The molecule has 0 bridgehead atoms. The molecule has 3 amide bonds. The highest BCUT2D eigenvalue weighted by Crippen LogP contribution is 2.26. The highest BCUT2D eigenvalue weighted by molar-refractivity contribution is 6.18. The van der Waals surface area contributed by atoms with Gasteiger partial charge in [0.05, 0.1) is 20.8 Å². The third-order valence-corrected chi connectivity index (χ3v) is 3.60. The molecule has 2 rings (SSSR count). The van der Waals surface area contributed by atoms with Crippen LogP contribution in [0.3, 0.4) is 0 Å². The Balaban J connectivity index is 2.51. The van der Waals surface area contributed by atoms with E-state index in [0.29, 0.717) is 19.0 Å². The predicted octanol–water partition coefficient (Wildman–Crippen LogP) is -0.746. The summed E-state index contributed by atoms with van der Waals surface area (Å²) in [4.78, 5) is 38.6. The van der Waals surface area contributed by atoms with Crippen LogP contribution in [0.15, 0.2) is 11.8 Å². The monoisotopic (exact) mass is 296 g/mol. The lowest BCUT2D eigenvalue weighted by molar-refractivity contribution is -0.478. The van der Waals surface area contributed by atoms with E-state index in [4.69, 9.17) is 9.47 Å². The van der Waals surface area contributed by atoms with Gasteiger partial charge in [-0.05, 0) is 6.08 Å². The van der Waals surface area contributed by atoms with Gasteiger partial charge in [0.1, 0.15) is 6.54 Å². The van der Waals surface area contributed by atoms with E-state index in [1.165, 1.54) is 32.2 Å². The summed E-state index contributed by atoms with van der Waals surface area (Å²) in [7, 11) is 5.80. The number of esters is 1. The van der Waals surface area contributed by atoms with Crippen molar-refractivity contribution in [3.63, 3.8) is 0 Å². The number of hydrogen-bond donors (Lipinski definition) is 0. The van der Waals surface area contributed by atoms with E-state index in [1.54, 1.807) is 11.6 Å². The summed E-state index contributed by atoms with van der Waals surface area (Å²) in [5.41, 5.74) is 0.248. The molecule has 21 heavy (non-hydrogen) atoms. The lowest BCUT2D eigenvalue weighted by Crippen LogP contribution is -2.57. The molecule has 2 heterocycles. The van der Waals surface area contributed by atoms with Crippen LogP contribution in [0.2, 0.25) is 0 Å². The average molecular weight is 296 g/mol. The van der Waals surface area contributed by atoms with Crippen LogP contribution in [0.4, 0.5) is 4.79 Å². The molecule has 0 aromatic carbocycles. The van der Waals surface area contributed by atoms with Crippen molar-refractivity contribution in [3.8, 4) is 0 Å². The topological polar surface area (TPSA) is 79.2 Å².